The first kappa shape index (κ1) is 19.1. The number of aryl methyl sites for hydroxylation is 2. The Hall–Kier alpha value is -3.22. The highest BCUT2D eigenvalue weighted by atomic mass is 19.4. The zero-order valence-electron chi connectivity index (χ0n) is 15.3. The van der Waals surface area contributed by atoms with Gasteiger partial charge in [-0.05, 0) is 53.8 Å². The summed E-state index contributed by atoms with van der Waals surface area (Å²) in [6, 6.07) is 11.0. The number of benzene rings is 1. The summed E-state index contributed by atoms with van der Waals surface area (Å²) in [5, 5.41) is 1.05. The van der Waals surface area contributed by atoms with Crippen LogP contribution in [-0.4, -0.2) is 15.0 Å². The number of hydrogen-bond acceptors (Lipinski definition) is 2. The van der Waals surface area contributed by atoms with Crippen molar-refractivity contribution >= 4 is 11.0 Å². The Morgan fingerprint density at radius 1 is 0.897 bits per heavy atom. The molecule has 29 heavy (non-hydrogen) atoms. The lowest BCUT2D eigenvalue weighted by atomic mass is 10.0. The minimum Gasteiger partial charge on any atom is -0.346 e. The summed E-state index contributed by atoms with van der Waals surface area (Å²) >= 11 is 0. The molecule has 1 N–H and O–H groups in total. The molecule has 0 aliphatic carbocycles. The fraction of sp³-hybridized carbons (Fsp3) is 0.182. The van der Waals surface area contributed by atoms with Gasteiger partial charge >= 0.3 is 6.18 Å². The number of alkyl halides is 3. The lowest BCUT2D eigenvalue weighted by Crippen LogP contribution is -2.10. The third-order valence-electron chi connectivity index (χ3n) is 4.85. The maximum absolute atomic E-state index is 14.1. The lowest BCUT2D eigenvalue weighted by molar-refractivity contribution is -0.140. The number of nitrogens with zero attached hydrogens (tertiary/aromatic N) is 2. The molecule has 4 rings (SSSR count). The Bertz CT molecular complexity index is 1130. The molecule has 0 saturated carbocycles. The lowest BCUT2D eigenvalue weighted by Gasteiger charge is -2.11. The highest BCUT2D eigenvalue weighted by Gasteiger charge is 2.34. The second kappa shape index (κ2) is 7.66. The molecule has 0 atom stereocenters. The van der Waals surface area contributed by atoms with Crippen molar-refractivity contribution < 1.29 is 17.6 Å². The van der Waals surface area contributed by atoms with Crippen LogP contribution >= 0.6 is 0 Å². The average Bonchev–Trinajstić information content (AvgIpc) is 3.10. The van der Waals surface area contributed by atoms with Crippen LogP contribution < -0.4 is 0 Å². The standard InChI is InChI=1S/C22H17F4N3/c23-20-15(3-1-5-19(20)22(24,25)26)7-9-17-8-6-14(12-28-17)11-16-13-29-21-18(16)4-2-10-27-21/h1-6,8,10,12-13H,7,9,11H2,(H,27,29). The molecule has 0 bridgehead atoms. The Balaban J connectivity index is 1.44. The van der Waals surface area contributed by atoms with E-state index in [2.05, 4.69) is 15.0 Å². The molecule has 0 radical (unpaired) electrons. The van der Waals surface area contributed by atoms with E-state index in [1.54, 1.807) is 12.4 Å². The van der Waals surface area contributed by atoms with Crippen molar-refractivity contribution in [3.8, 4) is 0 Å². The Morgan fingerprint density at radius 2 is 1.76 bits per heavy atom. The molecule has 148 valence electrons. The van der Waals surface area contributed by atoms with Crippen LogP contribution in [0.2, 0.25) is 0 Å². The summed E-state index contributed by atoms with van der Waals surface area (Å²) in [4.78, 5) is 11.8. The molecule has 4 aromatic rings. The molecule has 0 unspecified atom stereocenters. The minimum absolute atomic E-state index is 0.0389. The first-order valence-corrected chi connectivity index (χ1v) is 9.11. The number of nitrogens with one attached hydrogen (secondary N) is 1. The van der Waals surface area contributed by atoms with Crippen LogP contribution in [0.4, 0.5) is 17.6 Å². The van der Waals surface area contributed by atoms with Crippen molar-refractivity contribution in [2.24, 2.45) is 0 Å². The number of fused-ring (bicyclic) bond motifs is 1. The van der Waals surface area contributed by atoms with Crippen LogP contribution in [-0.2, 0) is 25.4 Å². The topological polar surface area (TPSA) is 41.6 Å². The van der Waals surface area contributed by atoms with Crippen LogP contribution in [0.25, 0.3) is 11.0 Å². The highest BCUT2D eigenvalue weighted by molar-refractivity contribution is 5.79. The van der Waals surface area contributed by atoms with Crippen molar-refractivity contribution in [1.82, 2.24) is 15.0 Å². The molecule has 0 saturated heterocycles. The SMILES string of the molecule is Fc1c(CCc2ccc(Cc3c[nH]c4ncccc34)cn2)cccc1C(F)(F)F. The molecular formula is C22H17F4N3. The summed E-state index contributed by atoms with van der Waals surface area (Å²) < 4.78 is 52.6. The molecule has 7 heteroatoms. The molecule has 3 aromatic heterocycles. The van der Waals surface area contributed by atoms with E-state index in [-0.39, 0.29) is 12.0 Å². The quantitative estimate of drug-likeness (QED) is 0.451. The summed E-state index contributed by atoms with van der Waals surface area (Å²) in [6.45, 7) is 0. The molecular weight excluding hydrogens is 382 g/mol. The Morgan fingerprint density at radius 3 is 2.52 bits per heavy atom. The number of aromatic nitrogens is 3. The van der Waals surface area contributed by atoms with Crippen molar-refractivity contribution in [2.45, 2.75) is 25.4 Å². The van der Waals surface area contributed by atoms with Crippen LogP contribution in [0.5, 0.6) is 0 Å². The highest BCUT2D eigenvalue weighted by Crippen LogP contribution is 2.32. The van der Waals surface area contributed by atoms with Crippen LogP contribution in [0.15, 0.2) is 61.1 Å². The van der Waals surface area contributed by atoms with Crippen LogP contribution in [0, 0.1) is 5.82 Å². The van der Waals surface area contributed by atoms with E-state index in [9.17, 15) is 17.6 Å². The van der Waals surface area contributed by atoms with Gasteiger partial charge in [0.1, 0.15) is 11.5 Å². The largest absolute Gasteiger partial charge is 0.419 e. The van der Waals surface area contributed by atoms with Gasteiger partial charge in [-0.15, -0.1) is 0 Å². The fourth-order valence-electron chi connectivity index (χ4n) is 3.34. The molecule has 0 aliphatic rings. The average molecular weight is 399 g/mol. The third-order valence-corrected chi connectivity index (χ3v) is 4.85. The number of rotatable bonds is 5. The summed E-state index contributed by atoms with van der Waals surface area (Å²) in [5.41, 5.74) is 2.45. The van der Waals surface area contributed by atoms with E-state index in [4.69, 9.17) is 0 Å². The summed E-state index contributed by atoms with van der Waals surface area (Å²) in [6.07, 6.45) is 1.88. The molecule has 0 fully saturated rings. The van der Waals surface area contributed by atoms with Gasteiger partial charge in [0, 0.05) is 36.1 Å². The zero-order chi connectivity index (χ0) is 20.4. The minimum atomic E-state index is -4.70. The molecule has 0 aliphatic heterocycles. The smallest absolute Gasteiger partial charge is 0.346 e. The van der Waals surface area contributed by atoms with Gasteiger partial charge in [0.05, 0.1) is 5.56 Å². The molecule has 3 nitrogen and oxygen atoms in total. The van der Waals surface area contributed by atoms with Crippen LogP contribution in [0.3, 0.4) is 0 Å². The van der Waals surface area contributed by atoms with Crippen molar-refractivity contribution in [3.63, 3.8) is 0 Å². The van der Waals surface area contributed by atoms with Gasteiger partial charge in [-0.25, -0.2) is 9.37 Å². The third kappa shape index (κ3) is 4.13. The monoisotopic (exact) mass is 399 g/mol. The maximum Gasteiger partial charge on any atom is 0.419 e. The van der Waals surface area contributed by atoms with Gasteiger partial charge in [-0.2, -0.15) is 13.2 Å². The van der Waals surface area contributed by atoms with Gasteiger partial charge in [-0.3, -0.25) is 4.98 Å². The van der Waals surface area contributed by atoms with E-state index >= 15 is 0 Å². The number of H-pyrrole nitrogens is 1. The van der Waals surface area contributed by atoms with E-state index in [0.29, 0.717) is 18.5 Å². The van der Waals surface area contributed by atoms with Crippen LogP contribution in [0.1, 0.15) is 27.9 Å². The molecule has 3 heterocycles. The number of halogens is 4. The summed E-state index contributed by atoms with van der Waals surface area (Å²) in [7, 11) is 0. The first-order valence-electron chi connectivity index (χ1n) is 9.11. The summed E-state index contributed by atoms with van der Waals surface area (Å²) in [5.74, 6) is -1.20. The predicted octanol–water partition coefficient (Wildman–Crippen LogP) is 5.49. The molecule has 0 amide bonds. The van der Waals surface area contributed by atoms with Crippen molar-refractivity contribution in [3.05, 3.63) is 94.8 Å². The molecule has 1 aromatic carbocycles. The normalized spacial score (nSPS) is 11.9. The van der Waals surface area contributed by atoms with Gasteiger partial charge < -0.3 is 4.98 Å². The van der Waals surface area contributed by atoms with Gasteiger partial charge in [0.2, 0.25) is 0 Å². The van der Waals surface area contributed by atoms with Crippen molar-refractivity contribution in [1.29, 1.82) is 0 Å². The second-order valence-corrected chi connectivity index (χ2v) is 6.82. The Kier molecular flexibility index (Phi) is 5.05. The second-order valence-electron chi connectivity index (χ2n) is 6.82. The first-order chi connectivity index (χ1) is 13.9. The van der Waals surface area contributed by atoms with Gasteiger partial charge in [0.15, 0.2) is 0 Å². The molecule has 0 spiro atoms. The maximum atomic E-state index is 14.1. The fourth-order valence-corrected chi connectivity index (χ4v) is 3.34. The van der Waals surface area contributed by atoms with Gasteiger partial charge in [0.25, 0.3) is 0 Å². The Labute approximate surface area is 164 Å². The zero-order valence-corrected chi connectivity index (χ0v) is 15.3. The predicted molar refractivity (Wildman–Crippen MR) is 102 cm³/mol. The van der Waals surface area contributed by atoms with Crippen molar-refractivity contribution in [2.75, 3.05) is 0 Å². The number of aromatic amines is 1. The van der Waals surface area contributed by atoms with E-state index in [0.717, 1.165) is 28.2 Å². The van der Waals surface area contributed by atoms with E-state index < -0.39 is 17.6 Å². The van der Waals surface area contributed by atoms with Gasteiger partial charge in [-0.1, -0.05) is 18.2 Å². The number of pyridine rings is 2. The van der Waals surface area contributed by atoms with E-state index in [1.165, 1.54) is 12.1 Å². The number of hydrogen-bond donors (Lipinski definition) is 1. The van der Waals surface area contributed by atoms with E-state index in [1.807, 2.05) is 30.5 Å².